The van der Waals surface area contributed by atoms with Crippen molar-refractivity contribution in [3.63, 3.8) is 0 Å². The van der Waals surface area contributed by atoms with Gasteiger partial charge in [0.05, 0.1) is 11.4 Å². The molecule has 1 aromatic carbocycles. The Morgan fingerprint density at radius 3 is 1.96 bits per heavy atom. The molecule has 0 bridgehead atoms. The van der Waals surface area contributed by atoms with E-state index in [1.54, 1.807) is 0 Å². The zero-order chi connectivity index (χ0) is 16.2. The maximum atomic E-state index is 4.71. The van der Waals surface area contributed by atoms with Crippen molar-refractivity contribution in [2.75, 3.05) is 0 Å². The number of benzene rings is 1. The number of hydrogen-bond acceptors (Lipinski definition) is 2. The molecule has 2 aromatic heterocycles. The van der Waals surface area contributed by atoms with Gasteiger partial charge in [0.1, 0.15) is 0 Å². The first-order valence-corrected chi connectivity index (χ1v) is 8.88. The summed E-state index contributed by atoms with van der Waals surface area (Å²) in [5.74, 6) is 0.715. The van der Waals surface area contributed by atoms with Crippen LogP contribution < -0.4 is 0 Å². The van der Waals surface area contributed by atoms with Crippen LogP contribution in [0, 0.1) is 0 Å². The first-order chi connectivity index (χ1) is 11.9. The molecule has 0 amide bonds. The van der Waals surface area contributed by atoms with Crippen LogP contribution in [0.2, 0.25) is 0 Å². The molecule has 0 N–H and O–H groups in total. The summed E-state index contributed by atoms with van der Waals surface area (Å²) in [4.78, 5) is 9.11. The molecule has 0 saturated heterocycles. The van der Waals surface area contributed by atoms with Crippen LogP contribution in [0.15, 0.2) is 67.0 Å². The third kappa shape index (κ3) is 3.23. The summed E-state index contributed by atoms with van der Waals surface area (Å²) in [5, 5.41) is 0. The minimum absolute atomic E-state index is 0.715. The second kappa shape index (κ2) is 6.96. The van der Waals surface area contributed by atoms with Gasteiger partial charge in [0, 0.05) is 23.5 Å². The Hall–Kier alpha value is -2.48. The van der Waals surface area contributed by atoms with Crippen molar-refractivity contribution in [3.05, 3.63) is 72.6 Å². The first kappa shape index (κ1) is 15.1. The summed E-state index contributed by atoms with van der Waals surface area (Å²) in [5.41, 5.74) is 5.75. The molecule has 1 saturated carbocycles. The van der Waals surface area contributed by atoms with Crippen LogP contribution in [0.5, 0.6) is 0 Å². The van der Waals surface area contributed by atoms with E-state index in [1.165, 1.54) is 37.7 Å². The van der Waals surface area contributed by atoms with Crippen LogP contribution in [0.3, 0.4) is 0 Å². The molecule has 1 aliphatic carbocycles. The van der Waals surface area contributed by atoms with Crippen LogP contribution in [0.25, 0.3) is 22.5 Å². The molecule has 120 valence electrons. The minimum Gasteiger partial charge on any atom is -0.256 e. The second-order valence-electron chi connectivity index (χ2n) is 6.60. The molecule has 0 spiro atoms. The summed E-state index contributed by atoms with van der Waals surface area (Å²) in [7, 11) is 0. The summed E-state index contributed by atoms with van der Waals surface area (Å²) in [6.07, 6.45) is 10.7. The lowest BCUT2D eigenvalue weighted by atomic mass is 9.85. The van der Waals surface area contributed by atoms with Gasteiger partial charge in [-0.3, -0.25) is 9.97 Å². The Balaban J connectivity index is 1.53. The Bertz CT molecular complexity index is 770. The van der Waals surface area contributed by atoms with Gasteiger partial charge in [0.25, 0.3) is 0 Å². The predicted molar refractivity (Wildman–Crippen MR) is 98.7 cm³/mol. The van der Waals surface area contributed by atoms with E-state index in [2.05, 4.69) is 47.6 Å². The maximum absolute atomic E-state index is 4.71. The molecule has 2 heteroatoms. The maximum Gasteiger partial charge on any atom is 0.0702 e. The van der Waals surface area contributed by atoms with Gasteiger partial charge in [-0.25, -0.2) is 0 Å². The van der Waals surface area contributed by atoms with Crippen molar-refractivity contribution < 1.29 is 0 Å². The molecule has 1 fully saturated rings. The van der Waals surface area contributed by atoms with Crippen LogP contribution in [-0.2, 0) is 0 Å². The lowest BCUT2D eigenvalue weighted by molar-refractivity contribution is 0.443. The highest BCUT2D eigenvalue weighted by Gasteiger charge is 2.15. The van der Waals surface area contributed by atoms with Gasteiger partial charge >= 0.3 is 0 Å². The van der Waals surface area contributed by atoms with Crippen LogP contribution in [-0.4, -0.2) is 9.97 Å². The number of aromatic nitrogens is 2. The molecular formula is C22H22N2. The average molecular weight is 314 g/mol. The van der Waals surface area contributed by atoms with Crippen molar-refractivity contribution >= 4 is 0 Å². The molecular weight excluding hydrogens is 292 g/mol. The van der Waals surface area contributed by atoms with Gasteiger partial charge in [-0.05, 0) is 42.5 Å². The Morgan fingerprint density at radius 1 is 0.667 bits per heavy atom. The number of pyridine rings is 2. The van der Waals surface area contributed by atoms with E-state index < -0.39 is 0 Å². The van der Waals surface area contributed by atoms with Crippen molar-refractivity contribution in [2.45, 2.75) is 38.0 Å². The lowest BCUT2D eigenvalue weighted by Gasteiger charge is -2.21. The Morgan fingerprint density at radius 2 is 1.38 bits per heavy atom. The minimum atomic E-state index is 0.715. The molecule has 2 heterocycles. The third-order valence-corrected chi connectivity index (χ3v) is 5.00. The summed E-state index contributed by atoms with van der Waals surface area (Å²) in [6.45, 7) is 0. The van der Waals surface area contributed by atoms with Crippen LogP contribution in [0.4, 0.5) is 0 Å². The van der Waals surface area contributed by atoms with E-state index in [0.717, 1.165) is 22.5 Å². The van der Waals surface area contributed by atoms with E-state index in [-0.39, 0.29) is 0 Å². The fourth-order valence-corrected chi connectivity index (χ4v) is 3.60. The number of rotatable bonds is 3. The fraction of sp³-hybridized carbons (Fsp3) is 0.273. The van der Waals surface area contributed by atoms with Crippen molar-refractivity contribution in [2.24, 2.45) is 0 Å². The van der Waals surface area contributed by atoms with Gasteiger partial charge in [0.2, 0.25) is 0 Å². The summed E-state index contributed by atoms with van der Waals surface area (Å²) >= 11 is 0. The quantitative estimate of drug-likeness (QED) is 0.605. The lowest BCUT2D eigenvalue weighted by Crippen LogP contribution is -2.04. The predicted octanol–water partition coefficient (Wildman–Crippen LogP) is 5.86. The van der Waals surface area contributed by atoms with E-state index in [0.29, 0.717) is 5.92 Å². The van der Waals surface area contributed by atoms with E-state index in [1.807, 2.05) is 24.4 Å². The second-order valence-corrected chi connectivity index (χ2v) is 6.60. The smallest absolute Gasteiger partial charge is 0.0702 e. The standard InChI is InChI=1S/C22H22N2/c1-2-6-17(7-3-1)20-13-14-22(24-16-20)19-11-9-18(10-12-19)21-8-4-5-15-23-21/h4-5,8-17H,1-3,6-7H2. The molecule has 24 heavy (non-hydrogen) atoms. The molecule has 0 atom stereocenters. The van der Waals surface area contributed by atoms with Crippen molar-refractivity contribution in [1.82, 2.24) is 9.97 Å². The zero-order valence-electron chi connectivity index (χ0n) is 13.9. The van der Waals surface area contributed by atoms with Gasteiger partial charge in [-0.15, -0.1) is 0 Å². The fourth-order valence-electron chi connectivity index (χ4n) is 3.60. The Labute approximate surface area is 143 Å². The molecule has 4 rings (SSSR count). The highest BCUT2D eigenvalue weighted by atomic mass is 14.7. The molecule has 1 aliphatic rings. The van der Waals surface area contributed by atoms with Gasteiger partial charge in [0.15, 0.2) is 0 Å². The number of hydrogen-bond donors (Lipinski definition) is 0. The molecule has 0 unspecified atom stereocenters. The molecule has 0 radical (unpaired) electrons. The molecule has 2 nitrogen and oxygen atoms in total. The highest BCUT2D eigenvalue weighted by molar-refractivity contribution is 5.66. The van der Waals surface area contributed by atoms with Crippen molar-refractivity contribution in [3.8, 4) is 22.5 Å². The van der Waals surface area contributed by atoms with Crippen LogP contribution in [0.1, 0.15) is 43.6 Å². The largest absolute Gasteiger partial charge is 0.256 e. The summed E-state index contributed by atoms with van der Waals surface area (Å²) in [6, 6.07) is 18.9. The van der Waals surface area contributed by atoms with E-state index in [9.17, 15) is 0 Å². The SMILES string of the molecule is c1ccc(-c2ccc(-c3ccc(C4CCCCC4)cn3)cc2)nc1. The third-order valence-electron chi connectivity index (χ3n) is 5.00. The topological polar surface area (TPSA) is 25.8 Å². The first-order valence-electron chi connectivity index (χ1n) is 8.88. The average Bonchev–Trinajstić information content (AvgIpc) is 2.70. The zero-order valence-corrected chi connectivity index (χ0v) is 13.9. The van der Waals surface area contributed by atoms with Gasteiger partial charge in [-0.2, -0.15) is 0 Å². The number of nitrogens with zero attached hydrogens (tertiary/aromatic N) is 2. The summed E-state index contributed by atoms with van der Waals surface area (Å²) < 4.78 is 0. The van der Waals surface area contributed by atoms with E-state index >= 15 is 0 Å². The molecule has 0 aliphatic heterocycles. The van der Waals surface area contributed by atoms with Crippen LogP contribution >= 0.6 is 0 Å². The van der Waals surface area contributed by atoms with Gasteiger partial charge < -0.3 is 0 Å². The van der Waals surface area contributed by atoms with E-state index in [4.69, 9.17) is 4.98 Å². The highest BCUT2D eigenvalue weighted by Crippen LogP contribution is 2.33. The molecule has 3 aromatic rings. The Kier molecular flexibility index (Phi) is 4.37. The monoisotopic (exact) mass is 314 g/mol. The normalized spacial score (nSPS) is 15.3. The van der Waals surface area contributed by atoms with Crippen molar-refractivity contribution in [1.29, 1.82) is 0 Å². The van der Waals surface area contributed by atoms with Gasteiger partial charge in [-0.1, -0.05) is 55.7 Å².